The molecule has 72 valence electrons. The standard InChI is InChI=1S/C7H10N2O4/c1-12-3-2-8-7-9-5(4-13-7)6(10)11/h4H,2-3H2,1H3,(H,8,9)(H,10,11). The molecule has 0 bridgehead atoms. The molecule has 0 spiro atoms. The second-order valence-corrected chi connectivity index (χ2v) is 2.26. The Bertz CT molecular complexity index is 284. The molecule has 0 radical (unpaired) electrons. The van der Waals surface area contributed by atoms with Gasteiger partial charge in [0.1, 0.15) is 6.26 Å². The van der Waals surface area contributed by atoms with E-state index in [1.54, 1.807) is 7.11 Å². The van der Waals surface area contributed by atoms with Crippen molar-refractivity contribution in [3.05, 3.63) is 12.0 Å². The molecule has 1 rings (SSSR count). The maximum absolute atomic E-state index is 10.4. The van der Waals surface area contributed by atoms with Crippen LogP contribution in [-0.2, 0) is 4.74 Å². The number of aromatic carboxylic acids is 1. The van der Waals surface area contributed by atoms with Crippen molar-refractivity contribution in [3.8, 4) is 0 Å². The normalized spacial score (nSPS) is 9.92. The predicted octanol–water partition coefficient (Wildman–Crippen LogP) is 0.431. The van der Waals surface area contributed by atoms with Gasteiger partial charge in [0.05, 0.1) is 6.61 Å². The van der Waals surface area contributed by atoms with Crippen molar-refractivity contribution in [2.45, 2.75) is 0 Å². The van der Waals surface area contributed by atoms with Crippen molar-refractivity contribution in [1.82, 2.24) is 4.98 Å². The van der Waals surface area contributed by atoms with Crippen LogP contribution in [0.3, 0.4) is 0 Å². The number of ether oxygens (including phenoxy) is 1. The molecule has 0 aliphatic heterocycles. The van der Waals surface area contributed by atoms with Crippen LogP contribution < -0.4 is 5.32 Å². The molecule has 1 heterocycles. The van der Waals surface area contributed by atoms with Crippen LogP contribution in [0.25, 0.3) is 0 Å². The van der Waals surface area contributed by atoms with Gasteiger partial charge in [-0.2, -0.15) is 4.98 Å². The predicted molar refractivity (Wildman–Crippen MR) is 43.8 cm³/mol. The minimum atomic E-state index is -1.11. The monoisotopic (exact) mass is 186 g/mol. The van der Waals surface area contributed by atoms with Crippen molar-refractivity contribution < 1.29 is 19.1 Å². The van der Waals surface area contributed by atoms with E-state index in [9.17, 15) is 4.79 Å². The third kappa shape index (κ3) is 2.75. The molecule has 13 heavy (non-hydrogen) atoms. The lowest BCUT2D eigenvalue weighted by Crippen LogP contribution is -2.08. The number of methoxy groups -OCH3 is 1. The lowest BCUT2D eigenvalue weighted by Gasteiger charge is -1.98. The van der Waals surface area contributed by atoms with Gasteiger partial charge in [-0.05, 0) is 0 Å². The average Bonchev–Trinajstić information content (AvgIpc) is 2.53. The second-order valence-electron chi connectivity index (χ2n) is 2.26. The molecule has 0 aromatic carbocycles. The Morgan fingerprint density at radius 2 is 2.62 bits per heavy atom. The highest BCUT2D eigenvalue weighted by atomic mass is 16.5. The van der Waals surface area contributed by atoms with Gasteiger partial charge in [0.25, 0.3) is 6.01 Å². The number of anilines is 1. The highest BCUT2D eigenvalue weighted by Crippen LogP contribution is 2.06. The summed E-state index contributed by atoms with van der Waals surface area (Å²) in [6.07, 6.45) is 1.08. The molecule has 0 fully saturated rings. The first-order valence-electron chi connectivity index (χ1n) is 3.65. The number of hydrogen-bond donors (Lipinski definition) is 2. The first kappa shape index (κ1) is 9.53. The summed E-state index contributed by atoms with van der Waals surface area (Å²) in [5, 5.41) is 11.2. The van der Waals surface area contributed by atoms with Crippen molar-refractivity contribution in [1.29, 1.82) is 0 Å². The molecule has 0 saturated heterocycles. The summed E-state index contributed by atoms with van der Waals surface area (Å²) in [7, 11) is 1.57. The molecule has 0 aliphatic rings. The van der Waals surface area contributed by atoms with Crippen LogP contribution in [0.15, 0.2) is 10.7 Å². The van der Waals surface area contributed by atoms with Gasteiger partial charge in [-0.25, -0.2) is 4.79 Å². The number of nitrogens with one attached hydrogen (secondary N) is 1. The molecule has 2 N–H and O–H groups in total. The molecule has 1 aromatic rings. The number of carboxylic acid groups (broad SMARTS) is 1. The van der Waals surface area contributed by atoms with Gasteiger partial charge in [0.2, 0.25) is 0 Å². The lowest BCUT2D eigenvalue weighted by molar-refractivity contribution is 0.0690. The average molecular weight is 186 g/mol. The number of nitrogens with zero attached hydrogens (tertiary/aromatic N) is 1. The van der Waals surface area contributed by atoms with Crippen molar-refractivity contribution in [2.75, 3.05) is 25.6 Å². The van der Waals surface area contributed by atoms with Crippen LogP contribution in [0.2, 0.25) is 0 Å². The van der Waals surface area contributed by atoms with E-state index in [-0.39, 0.29) is 11.7 Å². The van der Waals surface area contributed by atoms with E-state index in [2.05, 4.69) is 10.3 Å². The van der Waals surface area contributed by atoms with Crippen LogP contribution in [0, 0.1) is 0 Å². The van der Waals surface area contributed by atoms with Crippen LogP contribution in [-0.4, -0.2) is 36.3 Å². The van der Waals surface area contributed by atoms with E-state index in [1.165, 1.54) is 0 Å². The summed E-state index contributed by atoms with van der Waals surface area (Å²) < 4.78 is 9.58. The molecule has 0 amide bonds. The molecule has 0 aliphatic carbocycles. The summed E-state index contributed by atoms with van der Waals surface area (Å²) in [5.41, 5.74) is -0.111. The highest BCUT2D eigenvalue weighted by molar-refractivity contribution is 5.85. The number of carbonyl (C=O) groups is 1. The zero-order valence-electron chi connectivity index (χ0n) is 7.11. The fourth-order valence-corrected chi connectivity index (χ4v) is 0.713. The molecule has 1 aromatic heterocycles. The SMILES string of the molecule is COCCNc1nc(C(=O)O)co1. The number of oxazole rings is 1. The van der Waals surface area contributed by atoms with E-state index in [1.807, 2.05) is 0 Å². The molecule has 0 unspecified atom stereocenters. The van der Waals surface area contributed by atoms with Gasteiger partial charge in [0.15, 0.2) is 5.69 Å². The zero-order valence-corrected chi connectivity index (χ0v) is 7.11. The van der Waals surface area contributed by atoms with Crippen molar-refractivity contribution in [3.63, 3.8) is 0 Å². The smallest absolute Gasteiger partial charge is 0.357 e. The summed E-state index contributed by atoms with van der Waals surface area (Å²) >= 11 is 0. The summed E-state index contributed by atoms with van der Waals surface area (Å²) in [4.78, 5) is 14.0. The molecule has 0 atom stereocenters. The molecule has 0 saturated carbocycles. The van der Waals surface area contributed by atoms with Crippen LogP contribution in [0.4, 0.5) is 6.01 Å². The van der Waals surface area contributed by atoms with Gasteiger partial charge in [0, 0.05) is 13.7 Å². The van der Waals surface area contributed by atoms with Crippen LogP contribution in [0.1, 0.15) is 10.5 Å². The van der Waals surface area contributed by atoms with Crippen molar-refractivity contribution in [2.24, 2.45) is 0 Å². The Balaban J connectivity index is 2.44. The fraction of sp³-hybridized carbons (Fsp3) is 0.429. The zero-order chi connectivity index (χ0) is 9.68. The summed E-state index contributed by atoms with van der Waals surface area (Å²) in [6, 6.07) is 0.189. The van der Waals surface area contributed by atoms with Crippen LogP contribution in [0.5, 0.6) is 0 Å². The Hall–Kier alpha value is -1.56. The Morgan fingerprint density at radius 3 is 3.15 bits per heavy atom. The Morgan fingerprint density at radius 1 is 1.85 bits per heavy atom. The topological polar surface area (TPSA) is 84.6 Å². The summed E-state index contributed by atoms with van der Waals surface area (Å²) in [5.74, 6) is -1.11. The fourth-order valence-electron chi connectivity index (χ4n) is 0.713. The third-order valence-corrected chi connectivity index (χ3v) is 1.31. The highest BCUT2D eigenvalue weighted by Gasteiger charge is 2.09. The number of aromatic nitrogens is 1. The molecular weight excluding hydrogens is 176 g/mol. The van der Waals surface area contributed by atoms with E-state index >= 15 is 0 Å². The Labute approximate surface area is 74.5 Å². The van der Waals surface area contributed by atoms with E-state index in [4.69, 9.17) is 14.3 Å². The molecule has 6 nitrogen and oxygen atoms in total. The second kappa shape index (κ2) is 4.46. The first-order chi connectivity index (χ1) is 6.24. The van der Waals surface area contributed by atoms with E-state index in [0.29, 0.717) is 13.2 Å². The van der Waals surface area contributed by atoms with E-state index < -0.39 is 5.97 Å². The van der Waals surface area contributed by atoms with Gasteiger partial charge in [-0.3, -0.25) is 0 Å². The van der Waals surface area contributed by atoms with Gasteiger partial charge < -0.3 is 19.6 Å². The maximum Gasteiger partial charge on any atom is 0.357 e. The largest absolute Gasteiger partial charge is 0.476 e. The van der Waals surface area contributed by atoms with E-state index in [0.717, 1.165) is 6.26 Å². The van der Waals surface area contributed by atoms with Crippen LogP contribution >= 0.6 is 0 Å². The first-order valence-corrected chi connectivity index (χ1v) is 3.65. The minimum absolute atomic E-state index is 0.111. The molecular formula is C7H10N2O4. The quantitative estimate of drug-likeness (QED) is 0.648. The van der Waals surface area contributed by atoms with Gasteiger partial charge >= 0.3 is 5.97 Å². The van der Waals surface area contributed by atoms with Crippen molar-refractivity contribution >= 4 is 12.0 Å². The third-order valence-electron chi connectivity index (χ3n) is 1.31. The lowest BCUT2D eigenvalue weighted by atomic mass is 10.5. The van der Waals surface area contributed by atoms with Gasteiger partial charge in [-0.15, -0.1) is 0 Å². The number of hydrogen-bond acceptors (Lipinski definition) is 5. The van der Waals surface area contributed by atoms with Gasteiger partial charge in [-0.1, -0.05) is 0 Å². The Kier molecular flexibility index (Phi) is 3.27. The number of carboxylic acids is 1. The number of rotatable bonds is 5. The minimum Gasteiger partial charge on any atom is -0.476 e. The summed E-state index contributed by atoms with van der Waals surface area (Å²) in [6.45, 7) is 1.03. The molecule has 6 heteroatoms. The maximum atomic E-state index is 10.4.